The zero-order chi connectivity index (χ0) is 10.3. The summed E-state index contributed by atoms with van der Waals surface area (Å²) in [5.74, 6) is 0.0711. The highest BCUT2D eigenvalue weighted by atomic mass is 16.4. The molecule has 0 radical (unpaired) electrons. The lowest BCUT2D eigenvalue weighted by atomic mass is 9.97. The lowest BCUT2D eigenvalue weighted by Gasteiger charge is -2.08. The fraction of sp³-hybridized carbons (Fsp3) is 0.364. The minimum absolute atomic E-state index is 0.385. The fourth-order valence-corrected chi connectivity index (χ4v) is 1.80. The minimum Gasteiger partial charge on any atom is -0.408 e. The zero-order valence-corrected chi connectivity index (χ0v) is 8.55. The molecule has 1 aromatic carbocycles. The molecule has 2 aromatic rings. The van der Waals surface area contributed by atoms with Crippen LogP contribution >= 0.6 is 0 Å². The number of hydrogen-bond donors (Lipinski definition) is 1. The van der Waals surface area contributed by atoms with Crippen LogP contribution in [0.2, 0.25) is 0 Å². The van der Waals surface area contributed by atoms with Gasteiger partial charge in [0.2, 0.25) is 0 Å². The van der Waals surface area contributed by atoms with E-state index < -0.39 is 0 Å². The summed E-state index contributed by atoms with van der Waals surface area (Å²) in [5.41, 5.74) is 3.80. The summed E-state index contributed by atoms with van der Waals surface area (Å²) in [7, 11) is 0. The van der Waals surface area contributed by atoms with Gasteiger partial charge in [0.15, 0.2) is 5.58 Å². The molecule has 0 fully saturated rings. The molecule has 3 nitrogen and oxygen atoms in total. The molecule has 14 heavy (non-hydrogen) atoms. The predicted octanol–water partition coefficient (Wildman–Crippen LogP) is 2.55. The number of rotatable bonds is 1. The SMILES string of the molecule is Cc1c(C(C)C)ccc2oc(=O)[nH]c12. The van der Waals surface area contributed by atoms with Crippen molar-refractivity contribution in [1.82, 2.24) is 4.98 Å². The maximum atomic E-state index is 11.0. The summed E-state index contributed by atoms with van der Waals surface area (Å²) in [5, 5.41) is 0. The third kappa shape index (κ3) is 1.25. The van der Waals surface area contributed by atoms with E-state index in [9.17, 15) is 4.79 Å². The summed E-state index contributed by atoms with van der Waals surface area (Å²) < 4.78 is 4.97. The van der Waals surface area contributed by atoms with Crippen LogP contribution in [0, 0.1) is 6.92 Å². The van der Waals surface area contributed by atoms with Gasteiger partial charge in [0.05, 0.1) is 5.52 Å². The Labute approximate surface area is 81.7 Å². The second-order valence-corrected chi connectivity index (χ2v) is 3.82. The van der Waals surface area contributed by atoms with Gasteiger partial charge in [-0.3, -0.25) is 4.98 Å². The van der Waals surface area contributed by atoms with Crippen molar-refractivity contribution in [2.75, 3.05) is 0 Å². The first-order chi connectivity index (χ1) is 6.59. The van der Waals surface area contributed by atoms with E-state index in [2.05, 4.69) is 18.8 Å². The van der Waals surface area contributed by atoms with Crippen LogP contribution in [0.1, 0.15) is 30.9 Å². The van der Waals surface area contributed by atoms with Crippen molar-refractivity contribution in [2.24, 2.45) is 0 Å². The zero-order valence-electron chi connectivity index (χ0n) is 8.55. The monoisotopic (exact) mass is 191 g/mol. The van der Waals surface area contributed by atoms with E-state index in [-0.39, 0.29) is 5.76 Å². The average molecular weight is 191 g/mol. The van der Waals surface area contributed by atoms with Crippen LogP contribution in [0.3, 0.4) is 0 Å². The van der Waals surface area contributed by atoms with Gasteiger partial charge >= 0.3 is 5.76 Å². The number of aryl methyl sites for hydroxylation is 1. The van der Waals surface area contributed by atoms with Gasteiger partial charge < -0.3 is 4.42 Å². The molecule has 0 aliphatic carbocycles. The van der Waals surface area contributed by atoms with Gasteiger partial charge in [0.25, 0.3) is 0 Å². The summed E-state index contributed by atoms with van der Waals surface area (Å²) in [4.78, 5) is 13.7. The number of aromatic nitrogens is 1. The molecule has 1 heterocycles. The molecule has 0 bridgehead atoms. The van der Waals surface area contributed by atoms with Crippen molar-refractivity contribution in [3.8, 4) is 0 Å². The Bertz CT molecular complexity index is 520. The van der Waals surface area contributed by atoms with Crippen LogP contribution in [0.25, 0.3) is 11.1 Å². The minimum atomic E-state index is -0.385. The highest BCUT2D eigenvalue weighted by molar-refractivity contribution is 5.77. The van der Waals surface area contributed by atoms with Gasteiger partial charge in [-0.25, -0.2) is 4.79 Å². The molecule has 0 aliphatic heterocycles. The van der Waals surface area contributed by atoms with Crippen LogP contribution in [0.5, 0.6) is 0 Å². The number of benzene rings is 1. The first-order valence-electron chi connectivity index (χ1n) is 4.72. The van der Waals surface area contributed by atoms with Gasteiger partial charge in [-0.1, -0.05) is 19.9 Å². The van der Waals surface area contributed by atoms with Gasteiger partial charge in [-0.05, 0) is 30.0 Å². The predicted molar refractivity (Wildman–Crippen MR) is 55.7 cm³/mol. The summed E-state index contributed by atoms with van der Waals surface area (Å²) in [6.07, 6.45) is 0. The van der Waals surface area contributed by atoms with Crippen LogP contribution in [0.4, 0.5) is 0 Å². The molecule has 3 heteroatoms. The number of nitrogens with one attached hydrogen (secondary N) is 1. The number of hydrogen-bond acceptors (Lipinski definition) is 2. The first kappa shape index (κ1) is 9.06. The quantitative estimate of drug-likeness (QED) is 0.752. The maximum absolute atomic E-state index is 11.0. The number of aromatic amines is 1. The Hall–Kier alpha value is -1.51. The second kappa shape index (κ2) is 3.01. The van der Waals surface area contributed by atoms with Crippen LogP contribution in [-0.2, 0) is 0 Å². The van der Waals surface area contributed by atoms with Crippen molar-refractivity contribution in [3.05, 3.63) is 33.8 Å². The van der Waals surface area contributed by atoms with Gasteiger partial charge in [0, 0.05) is 0 Å². The Kier molecular flexibility index (Phi) is 1.95. The Morgan fingerprint density at radius 3 is 2.71 bits per heavy atom. The molecule has 1 N–H and O–H groups in total. The molecular formula is C11H13NO2. The third-order valence-corrected chi connectivity index (χ3v) is 2.52. The molecule has 0 unspecified atom stereocenters. The molecule has 0 saturated carbocycles. The largest absolute Gasteiger partial charge is 0.417 e. The summed E-state index contributed by atoms with van der Waals surface area (Å²) >= 11 is 0. The van der Waals surface area contributed by atoms with E-state index in [1.807, 2.05) is 19.1 Å². The Morgan fingerprint density at radius 1 is 1.36 bits per heavy atom. The van der Waals surface area contributed by atoms with Crippen LogP contribution in [-0.4, -0.2) is 4.98 Å². The maximum Gasteiger partial charge on any atom is 0.417 e. The van der Waals surface area contributed by atoms with E-state index in [1.54, 1.807) is 0 Å². The second-order valence-electron chi connectivity index (χ2n) is 3.82. The van der Waals surface area contributed by atoms with E-state index in [0.29, 0.717) is 11.5 Å². The average Bonchev–Trinajstić information content (AvgIpc) is 2.46. The van der Waals surface area contributed by atoms with Crippen molar-refractivity contribution in [2.45, 2.75) is 26.7 Å². The summed E-state index contributed by atoms with van der Waals surface area (Å²) in [6.45, 7) is 6.27. The Morgan fingerprint density at radius 2 is 2.07 bits per heavy atom. The van der Waals surface area contributed by atoms with E-state index in [0.717, 1.165) is 11.1 Å². The highest BCUT2D eigenvalue weighted by Gasteiger charge is 2.09. The van der Waals surface area contributed by atoms with Gasteiger partial charge in [0.1, 0.15) is 0 Å². The molecule has 1 aromatic heterocycles. The standard InChI is InChI=1S/C11H13NO2/c1-6(2)8-4-5-9-10(7(8)3)12-11(13)14-9/h4-6H,1-3H3,(H,12,13). The molecule has 74 valence electrons. The summed E-state index contributed by atoms with van der Waals surface area (Å²) in [6, 6.07) is 3.86. The van der Waals surface area contributed by atoms with Crippen molar-refractivity contribution in [1.29, 1.82) is 0 Å². The molecule has 0 atom stereocenters. The van der Waals surface area contributed by atoms with Crippen molar-refractivity contribution >= 4 is 11.1 Å². The highest BCUT2D eigenvalue weighted by Crippen LogP contribution is 2.24. The number of fused-ring (bicyclic) bond motifs is 1. The Balaban J connectivity index is 2.80. The van der Waals surface area contributed by atoms with Crippen LogP contribution in [0.15, 0.2) is 21.3 Å². The lowest BCUT2D eigenvalue weighted by molar-refractivity contribution is 0.555. The smallest absolute Gasteiger partial charge is 0.408 e. The van der Waals surface area contributed by atoms with E-state index >= 15 is 0 Å². The fourth-order valence-electron chi connectivity index (χ4n) is 1.80. The van der Waals surface area contributed by atoms with Gasteiger partial charge in [-0.2, -0.15) is 0 Å². The normalized spacial score (nSPS) is 11.4. The van der Waals surface area contributed by atoms with Crippen molar-refractivity contribution in [3.63, 3.8) is 0 Å². The van der Waals surface area contributed by atoms with E-state index in [1.165, 1.54) is 5.56 Å². The topological polar surface area (TPSA) is 46.0 Å². The molecule has 2 rings (SSSR count). The molecule has 0 amide bonds. The molecular weight excluding hydrogens is 178 g/mol. The van der Waals surface area contributed by atoms with Crippen LogP contribution < -0.4 is 5.76 Å². The number of oxazole rings is 1. The third-order valence-electron chi connectivity index (χ3n) is 2.52. The molecule has 0 aliphatic rings. The lowest BCUT2D eigenvalue weighted by Crippen LogP contribution is -1.95. The van der Waals surface area contributed by atoms with E-state index in [4.69, 9.17) is 4.42 Å². The molecule has 0 saturated heterocycles. The van der Waals surface area contributed by atoms with Crippen molar-refractivity contribution < 1.29 is 4.42 Å². The first-order valence-corrected chi connectivity index (χ1v) is 4.72. The number of H-pyrrole nitrogens is 1. The molecule has 0 spiro atoms. The van der Waals surface area contributed by atoms with Gasteiger partial charge in [-0.15, -0.1) is 0 Å².